The van der Waals surface area contributed by atoms with Crippen LogP contribution in [0.4, 0.5) is 10.7 Å². The number of thiophene rings is 1. The molecule has 0 fully saturated rings. The van der Waals surface area contributed by atoms with E-state index in [2.05, 4.69) is 5.32 Å². The highest BCUT2D eigenvalue weighted by Crippen LogP contribution is 2.37. The highest BCUT2D eigenvalue weighted by molar-refractivity contribution is 7.15. The summed E-state index contributed by atoms with van der Waals surface area (Å²) in [6.07, 6.45) is 0. The second-order valence-corrected chi connectivity index (χ2v) is 7.33. The molecule has 3 rings (SSSR count). The summed E-state index contributed by atoms with van der Waals surface area (Å²) in [5.74, 6) is -1.16. The van der Waals surface area contributed by atoms with Gasteiger partial charge in [-0.15, -0.1) is 11.3 Å². The number of carbonyl (C=O) groups is 2. The molecule has 1 heterocycles. The summed E-state index contributed by atoms with van der Waals surface area (Å²) in [5.41, 5.74) is 1.76. The fourth-order valence-electron chi connectivity index (χ4n) is 2.83. The molecule has 7 nitrogen and oxygen atoms in total. The van der Waals surface area contributed by atoms with E-state index >= 15 is 0 Å². The monoisotopic (exact) mass is 430 g/mol. The average Bonchev–Trinajstić information content (AvgIpc) is 3.11. The molecule has 0 aliphatic carbocycles. The molecular weight excluding hydrogens is 416 g/mol. The lowest BCUT2D eigenvalue weighted by Gasteiger charge is -2.09. The topological polar surface area (TPSA) is 98.5 Å². The molecule has 0 aliphatic heterocycles. The van der Waals surface area contributed by atoms with E-state index in [0.717, 1.165) is 16.9 Å². The van der Waals surface area contributed by atoms with E-state index in [-0.39, 0.29) is 27.4 Å². The number of halogens is 1. The molecule has 29 heavy (non-hydrogen) atoms. The standard InChI is InChI=1S/C20H15ClN2O5S/c1-11-14(4-3-5-16(11)23(26)27)18(24)22-19-17(20(25)28-2)15(10-29-19)12-6-8-13(21)9-7-12/h3-10H,1-2H3,(H,22,24). The van der Waals surface area contributed by atoms with E-state index in [0.29, 0.717) is 10.6 Å². The van der Waals surface area contributed by atoms with Gasteiger partial charge in [0.2, 0.25) is 0 Å². The summed E-state index contributed by atoms with van der Waals surface area (Å²) >= 11 is 7.09. The molecule has 0 atom stereocenters. The maximum Gasteiger partial charge on any atom is 0.341 e. The Hall–Kier alpha value is -3.23. The van der Waals surface area contributed by atoms with E-state index in [1.165, 1.54) is 32.2 Å². The molecule has 0 aliphatic rings. The van der Waals surface area contributed by atoms with Crippen LogP contribution < -0.4 is 5.32 Å². The van der Waals surface area contributed by atoms with Gasteiger partial charge in [-0.2, -0.15) is 0 Å². The zero-order chi connectivity index (χ0) is 21.1. The van der Waals surface area contributed by atoms with Gasteiger partial charge in [0.25, 0.3) is 11.6 Å². The van der Waals surface area contributed by atoms with Crippen LogP contribution in [-0.4, -0.2) is 23.9 Å². The van der Waals surface area contributed by atoms with Crippen molar-refractivity contribution in [2.75, 3.05) is 12.4 Å². The number of esters is 1. The van der Waals surface area contributed by atoms with Crippen LogP contribution >= 0.6 is 22.9 Å². The van der Waals surface area contributed by atoms with Gasteiger partial charge in [0, 0.05) is 33.2 Å². The zero-order valence-electron chi connectivity index (χ0n) is 15.4. The van der Waals surface area contributed by atoms with Crippen LogP contribution in [0, 0.1) is 17.0 Å². The number of ether oxygens (including phenoxy) is 1. The van der Waals surface area contributed by atoms with Crippen LogP contribution in [0.1, 0.15) is 26.3 Å². The van der Waals surface area contributed by atoms with Gasteiger partial charge < -0.3 is 10.1 Å². The maximum absolute atomic E-state index is 12.8. The molecule has 2 aromatic carbocycles. The van der Waals surface area contributed by atoms with Crippen LogP contribution in [0.25, 0.3) is 11.1 Å². The summed E-state index contributed by atoms with van der Waals surface area (Å²) in [6, 6.07) is 11.2. The zero-order valence-corrected chi connectivity index (χ0v) is 17.0. The minimum absolute atomic E-state index is 0.149. The predicted octanol–water partition coefficient (Wildman–Crippen LogP) is 5.32. The van der Waals surface area contributed by atoms with Gasteiger partial charge in [-0.3, -0.25) is 14.9 Å². The lowest BCUT2D eigenvalue weighted by Crippen LogP contribution is -2.16. The van der Waals surface area contributed by atoms with Gasteiger partial charge in [-0.05, 0) is 30.7 Å². The maximum atomic E-state index is 12.8. The molecule has 3 aromatic rings. The number of amides is 1. The number of methoxy groups -OCH3 is 1. The van der Waals surface area contributed by atoms with Crippen LogP contribution in [0.2, 0.25) is 5.02 Å². The number of nitrogens with one attached hydrogen (secondary N) is 1. The molecule has 0 saturated heterocycles. The van der Waals surface area contributed by atoms with E-state index < -0.39 is 16.8 Å². The van der Waals surface area contributed by atoms with Crippen molar-refractivity contribution in [3.05, 3.63) is 79.7 Å². The smallest absolute Gasteiger partial charge is 0.341 e. The first-order chi connectivity index (χ1) is 13.8. The fraction of sp³-hybridized carbons (Fsp3) is 0.100. The molecule has 0 unspecified atom stereocenters. The molecule has 1 aromatic heterocycles. The molecule has 0 radical (unpaired) electrons. The molecule has 0 saturated carbocycles. The number of nitrogens with zero attached hydrogens (tertiary/aromatic N) is 1. The lowest BCUT2D eigenvalue weighted by atomic mass is 10.0. The molecule has 9 heteroatoms. The van der Waals surface area contributed by atoms with Gasteiger partial charge >= 0.3 is 5.97 Å². The van der Waals surface area contributed by atoms with Gasteiger partial charge in [-0.25, -0.2) is 4.79 Å². The highest BCUT2D eigenvalue weighted by Gasteiger charge is 2.24. The number of hydrogen-bond acceptors (Lipinski definition) is 6. The number of anilines is 1. The minimum Gasteiger partial charge on any atom is -0.465 e. The van der Waals surface area contributed by atoms with E-state index in [1.807, 2.05) is 0 Å². The summed E-state index contributed by atoms with van der Waals surface area (Å²) in [6.45, 7) is 1.50. The van der Waals surface area contributed by atoms with E-state index in [4.69, 9.17) is 16.3 Å². The fourth-order valence-corrected chi connectivity index (χ4v) is 3.91. The Morgan fingerprint density at radius 3 is 2.48 bits per heavy atom. The molecular formula is C20H15ClN2O5S. The third-order valence-electron chi connectivity index (χ3n) is 4.31. The number of carbonyl (C=O) groups excluding carboxylic acids is 2. The Kier molecular flexibility index (Phi) is 5.95. The largest absolute Gasteiger partial charge is 0.465 e. The Labute approximate surface area is 175 Å². The molecule has 1 N–H and O–H groups in total. The summed E-state index contributed by atoms with van der Waals surface area (Å²) in [5, 5.41) is 16.4. The molecule has 1 amide bonds. The van der Waals surface area contributed by atoms with Gasteiger partial charge in [0.05, 0.1) is 12.0 Å². The number of nitro groups is 1. The average molecular weight is 431 g/mol. The summed E-state index contributed by atoms with van der Waals surface area (Å²) in [7, 11) is 1.25. The highest BCUT2D eigenvalue weighted by atomic mass is 35.5. The van der Waals surface area contributed by atoms with Crippen molar-refractivity contribution >= 4 is 45.5 Å². The van der Waals surface area contributed by atoms with E-state index in [9.17, 15) is 19.7 Å². The second kappa shape index (κ2) is 8.42. The molecule has 148 valence electrons. The summed E-state index contributed by atoms with van der Waals surface area (Å²) in [4.78, 5) is 35.8. The number of benzene rings is 2. The van der Waals surface area contributed by atoms with Crippen molar-refractivity contribution < 1.29 is 19.2 Å². The first kappa shape index (κ1) is 20.5. The van der Waals surface area contributed by atoms with Crippen molar-refractivity contribution in [3.63, 3.8) is 0 Å². The number of rotatable bonds is 5. The normalized spacial score (nSPS) is 10.4. The quantitative estimate of drug-likeness (QED) is 0.335. The molecule has 0 spiro atoms. The number of hydrogen-bond donors (Lipinski definition) is 1. The van der Waals surface area contributed by atoms with Crippen molar-refractivity contribution in [3.8, 4) is 11.1 Å². The van der Waals surface area contributed by atoms with Crippen LogP contribution in [0.5, 0.6) is 0 Å². The van der Waals surface area contributed by atoms with Gasteiger partial charge in [0.15, 0.2) is 0 Å². The van der Waals surface area contributed by atoms with Crippen molar-refractivity contribution in [2.45, 2.75) is 6.92 Å². The first-order valence-corrected chi connectivity index (χ1v) is 9.60. The Bertz CT molecular complexity index is 1110. The van der Waals surface area contributed by atoms with Gasteiger partial charge in [0.1, 0.15) is 10.6 Å². The van der Waals surface area contributed by atoms with Crippen molar-refractivity contribution in [2.24, 2.45) is 0 Å². The minimum atomic E-state index is -0.609. The third-order valence-corrected chi connectivity index (χ3v) is 5.46. The van der Waals surface area contributed by atoms with E-state index in [1.54, 1.807) is 29.6 Å². The Morgan fingerprint density at radius 1 is 1.17 bits per heavy atom. The van der Waals surface area contributed by atoms with Gasteiger partial charge in [-0.1, -0.05) is 29.8 Å². The Morgan fingerprint density at radius 2 is 1.86 bits per heavy atom. The first-order valence-electron chi connectivity index (χ1n) is 8.34. The van der Waals surface area contributed by atoms with Crippen LogP contribution in [0.3, 0.4) is 0 Å². The van der Waals surface area contributed by atoms with Crippen LogP contribution in [-0.2, 0) is 4.74 Å². The third kappa shape index (κ3) is 4.13. The Balaban J connectivity index is 2.01. The predicted molar refractivity (Wildman–Crippen MR) is 112 cm³/mol. The lowest BCUT2D eigenvalue weighted by molar-refractivity contribution is -0.385. The number of nitro benzene ring substituents is 1. The van der Waals surface area contributed by atoms with Crippen LogP contribution in [0.15, 0.2) is 47.8 Å². The summed E-state index contributed by atoms with van der Waals surface area (Å²) < 4.78 is 4.88. The SMILES string of the molecule is COC(=O)c1c(-c2ccc(Cl)cc2)csc1NC(=O)c1cccc([N+](=O)[O-])c1C. The molecule has 0 bridgehead atoms. The van der Waals surface area contributed by atoms with Crippen molar-refractivity contribution in [1.82, 2.24) is 0 Å². The second-order valence-electron chi connectivity index (χ2n) is 6.01. The van der Waals surface area contributed by atoms with Crippen molar-refractivity contribution in [1.29, 1.82) is 0 Å².